The fourth-order valence-electron chi connectivity index (χ4n) is 21.3. The summed E-state index contributed by atoms with van der Waals surface area (Å²) in [6, 6.07) is 151. The molecule has 0 aromatic heterocycles. The molecule has 690 valence electrons. The molecule has 1 amide bonds. The van der Waals surface area contributed by atoms with Gasteiger partial charge in [0.1, 0.15) is 17.2 Å². The number of carbonyl (C=O) groups is 3. The normalized spacial score (nSPS) is 13.0. The van der Waals surface area contributed by atoms with Crippen molar-refractivity contribution in [1.82, 2.24) is 0 Å². The van der Waals surface area contributed by atoms with E-state index in [1.165, 1.54) is 200 Å². The van der Waals surface area contributed by atoms with E-state index in [-0.39, 0.29) is 23.2 Å². The minimum atomic E-state index is -0.308. The van der Waals surface area contributed by atoms with Crippen LogP contribution in [0, 0.1) is 0 Å². The van der Waals surface area contributed by atoms with Crippen molar-refractivity contribution in [3.05, 3.63) is 531 Å². The van der Waals surface area contributed by atoms with E-state index >= 15 is 0 Å². The minimum absolute atomic E-state index is 0.0265. The summed E-state index contributed by atoms with van der Waals surface area (Å²) >= 11 is 7.77. The van der Waals surface area contributed by atoms with E-state index in [1.54, 1.807) is 76.7 Å². The molecule has 0 spiro atoms. The van der Waals surface area contributed by atoms with Crippen LogP contribution in [0.15, 0.2) is 453 Å². The number of aromatic hydroxyl groups is 2. The fourth-order valence-corrected chi connectivity index (χ4v) is 22.7. The number of carbonyl (C=O) groups excluding carboxylic acids is 3. The highest BCUT2D eigenvalue weighted by atomic mass is 35.5. The predicted octanol–water partition coefficient (Wildman–Crippen LogP) is 33.7. The van der Waals surface area contributed by atoms with Crippen molar-refractivity contribution in [3.8, 4) is 72.9 Å². The highest BCUT2D eigenvalue weighted by Gasteiger charge is 2.34. The van der Waals surface area contributed by atoms with Crippen LogP contribution in [0.25, 0.3) is 109 Å². The molecule has 28 rings (SSSR count). The lowest BCUT2D eigenvalue weighted by Crippen LogP contribution is -2.28. The lowest BCUT2D eigenvalue weighted by molar-refractivity contribution is 0.0968. The molecule has 0 radical (unpaired) electrons. The number of rotatable bonds is 5. The molecule has 0 unspecified atom stereocenters. The zero-order chi connectivity index (χ0) is 96.4. The summed E-state index contributed by atoms with van der Waals surface area (Å²) in [6.07, 6.45) is 14.1. The number of hydrogen-bond donors (Lipinski definition) is 2. The Kier molecular flexibility index (Phi) is 27.4. The second-order valence-electron chi connectivity index (χ2n) is 36.9. The van der Waals surface area contributed by atoms with Crippen molar-refractivity contribution in [1.29, 1.82) is 0 Å². The summed E-state index contributed by atoms with van der Waals surface area (Å²) in [5.41, 5.74) is 32.2. The summed E-state index contributed by atoms with van der Waals surface area (Å²) in [6.45, 7) is 0. The highest BCUT2D eigenvalue weighted by Crippen LogP contribution is 2.51. The Balaban J connectivity index is 0.0000000971. The van der Waals surface area contributed by atoms with Gasteiger partial charge in [-0.2, -0.15) is 0 Å². The van der Waals surface area contributed by atoms with E-state index < -0.39 is 0 Å². The molecule has 1 aliphatic heterocycles. The number of ether oxygens (including phenoxy) is 1. The van der Waals surface area contributed by atoms with Crippen LogP contribution < -0.4 is 9.64 Å². The summed E-state index contributed by atoms with van der Waals surface area (Å²) in [5.74, 6) is 0.700. The molecule has 0 saturated heterocycles. The van der Waals surface area contributed by atoms with Crippen LogP contribution in [0.3, 0.4) is 0 Å². The zero-order valence-electron chi connectivity index (χ0n) is 79.1. The van der Waals surface area contributed by atoms with Gasteiger partial charge in [-0.05, 0) is 345 Å². The number of para-hydroxylation sites is 1. The van der Waals surface area contributed by atoms with Crippen LogP contribution in [0.1, 0.15) is 124 Å². The Morgan fingerprint density at radius 2 is 0.683 bits per heavy atom. The van der Waals surface area contributed by atoms with Gasteiger partial charge in [0.05, 0.1) is 29.6 Å². The van der Waals surface area contributed by atoms with Crippen molar-refractivity contribution < 1.29 is 29.3 Å². The van der Waals surface area contributed by atoms with Gasteiger partial charge in [-0.1, -0.05) is 369 Å². The third-order valence-electron chi connectivity index (χ3n) is 28.1. The van der Waals surface area contributed by atoms with Gasteiger partial charge in [0, 0.05) is 32.4 Å². The van der Waals surface area contributed by atoms with Gasteiger partial charge < -0.3 is 14.9 Å². The SMILES string of the molecule is COc1ccc(C(=O)N2c3ccccc3Sc3cc(Cl)ccc32)cc1.O=C1CCCc2c1c1c3c(ccc4c3c2CCC4)CCC1.O=C1c2c(O)cccc2Cc2cccc(O)c21.c1ccc(-c2cc(-c3ccccc3)cc(-c3ccccc3)c2)cc1.c1ccc2c(c1)CCc1ccccc1-2.c1ccc2c(c1)Cc1ccccc1-2.c1ccc2c(c1)ccc1ccccc12.c1ccc2cc3ccccc3cc2c1. The van der Waals surface area contributed by atoms with Crippen molar-refractivity contribution in [2.75, 3.05) is 12.0 Å². The fraction of sp³-hybridized carbons (Fsp3) is 0.105. The third-order valence-corrected chi connectivity index (χ3v) is 29.5. The topological polar surface area (TPSA) is 104 Å². The van der Waals surface area contributed by atoms with Gasteiger partial charge in [-0.3, -0.25) is 19.3 Å². The van der Waals surface area contributed by atoms with Gasteiger partial charge in [-0.15, -0.1) is 0 Å². The van der Waals surface area contributed by atoms with Gasteiger partial charge in [0.25, 0.3) is 5.91 Å². The van der Waals surface area contributed by atoms with Gasteiger partial charge in [-0.25, -0.2) is 0 Å². The molecule has 142 heavy (non-hydrogen) atoms. The number of methoxy groups -OCH3 is 1. The van der Waals surface area contributed by atoms with Gasteiger partial charge >= 0.3 is 0 Å². The molecule has 2 N–H and O–H groups in total. The van der Waals surface area contributed by atoms with Crippen LogP contribution in [0.2, 0.25) is 5.02 Å². The Hall–Kier alpha value is -16.2. The number of ketones is 2. The molecule has 9 heteroatoms. The molecule has 1 heterocycles. The number of anilines is 2. The molecule has 21 aromatic rings. The van der Waals surface area contributed by atoms with Crippen LogP contribution in [-0.2, 0) is 57.8 Å². The summed E-state index contributed by atoms with van der Waals surface area (Å²) < 4.78 is 5.18. The monoisotopic (exact) mass is 1880 g/mol. The Morgan fingerprint density at radius 1 is 0.296 bits per heavy atom. The number of nitrogens with zero attached hydrogens (tertiary/aromatic N) is 1. The number of aryl methyl sites for hydroxylation is 6. The maximum atomic E-state index is 13.3. The van der Waals surface area contributed by atoms with Gasteiger partial charge in [0.15, 0.2) is 5.78 Å². The molecule has 0 atom stereocenters. The minimum Gasteiger partial charge on any atom is -0.507 e. The van der Waals surface area contributed by atoms with Crippen LogP contribution in [0.4, 0.5) is 11.4 Å². The van der Waals surface area contributed by atoms with Crippen molar-refractivity contribution in [3.63, 3.8) is 0 Å². The van der Waals surface area contributed by atoms with E-state index in [9.17, 15) is 24.6 Å². The van der Waals surface area contributed by atoms with E-state index in [2.05, 4.69) is 340 Å². The Morgan fingerprint density at radius 3 is 1.18 bits per heavy atom. The molecule has 6 aliphatic carbocycles. The first-order chi connectivity index (χ1) is 69.9. The van der Waals surface area contributed by atoms with E-state index in [4.69, 9.17) is 16.3 Å². The second-order valence-corrected chi connectivity index (χ2v) is 38.4. The maximum absolute atomic E-state index is 13.3. The van der Waals surface area contributed by atoms with E-state index in [0.717, 1.165) is 75.7 Å². The van der Waals surface area contributed by atoms with Gasteiger partial charge in [0.2, 0.25) is 5.78 Å². The molecule has 0 saturated carbocycles. The lowest BCUT2D eigenvalue weighted by Gasteiger charge is -2.31. The summed E-state index contributed by atoms with van der Waals surface area (Å²) in [7, 11) is 1.61. The predicted molar refractivity (Wildman–Crippen MR) is 589 cm³/mol. The third kappa shape index (κ3) is 19.6. The first kappa shape index (κ1) is 92.1. The van der Waals surface area contributed by atoms with Crippen LogP contribution in [-0.4, -0.2) is 34.8 Å². The largest absolute Gasteiger partial charge is 0.507 e. The number of benzene rings is 21. The van der Waals surface area contributed by atoms with E-state index in [1.807, 2.05) is 54.6 Å². The molecular weight excluding hydrogens is 1770 g/mol. The van der Waals surface area contributed by atoms with Crippen molar-refractivity contribution in [2.24, 2.45) is 0 Å². The lowest BCUT2D eigenvalue weighted by atomic mass is 9.72. The van der Waals surface area contributed by atoms with Crippen molar-refractivity contribution in [2.45, 2.75) is 93.3 Å². The molecular formula is C133H104ClNO6S. The average Bonchev–Trinajstić information content (AvgIpc) is 1.33. The standard InChI is InChI=1S/C24H18.C20H14ClNO2S.C20H20O.C14H10O3.C14H12.2C14H10.C13H10/c1-4-10-19(11-5-1)22-16-23(20-12-6-2-7-13-20)18-24(17-22)21-14-8-3-9-15-21;1-24-15-9-6-13(7-10-15)20(23)22-16-4-2-3-5-18(16)25-19-12-14(21)8-11-17(19)22;21-17-9-3-7-15-14-6-1-4-12-10-11-13-5-2-8-16(20(15)17)19(13)18(12)14;15-10-5-1-3-8-7-9-4-2-6-11(16)13(9)14(17)12(8)10;2*1-3-7-13-11(5-1)9-10-12-6-2-4-8-14(12)13;1-2-6-12-10-14-8-4-3-7-13(14)9-11(12)5-1;1-3-7-12-10(5-1)9-11-6-2-4-8-13(11)12/h1-18H;2-12H,1H3;10-11H,1-9H2;1-6,15-16H,7H2;1-8H,9-10H2;2*1-10H;1-8H,9H2. The molecule has 7 nitrogen and oxygen atoms in total. The number of hydrogen-bond acceptors (Lipinski definition) is 7. The number of Topliss-reactive ketones (excluding diaryl/α,β-unsaturated/α-hetero) is 1. The van der Waals surface area contributed by atoms with Crippen molar-refractivity contribution >= 4 is 106 Å². The number of amides is 1. The Bertz CT molecular complexity index is 7860. The quantitative estimate of drug-likeness (QED) is 0.131. The molecule has 7 aliphatic rings. The number of phenolic OH excluding ortho intramolecular Hbond substituents is 2. The highest BCUT2D eigenvalue weighted by molar-refractivity contribution is 7.99. The van der Waals surface area contributed by atoms with Crippen LogP contribution >= 0.6 is 23.4 Å². The first-order valence-electron chi connectivity index (χ1n) is 49.1. The summed E-state index contributed by atoms with van der Waals surface area (Å²) in [4.78, 5) is 41.8. The maximum Gasteiger partial charge on any atom is 0.262 e. The zero-order valence-corrected chi connectivity index (χ0v) is 80.7. The number of fused-ring (bicyclic) bond motifs is 18. The average molecular weight is 1880 g/mol. The smallest absolute Gasteiger partial charge is 0.262 e. The molecule has 0 bridgehead atoms. The molecule has 0 fully saturated rings. The number of phenols is 2. The molecule has 21 aromatic carbocycles. The van der Waals surface area contributed by atoms with Crippen LogP contribution in [0.5, 0.6) is 17.2 Å². The first-order valence-corrected chi connectivity index (χ1v) is 50.3. The van der Waals surface area contributed by atoms with E-state index in [0.29, 0.717) is 33.9 Å². The Labute approximate surface area is 838 Å². The summed E-state index contributed by atoms with van der Waals surface area (Å²) in [5, 5.41) is 33.7. The second kappa shape index (κ2) is 42.2. The number of halogens is 1.